The van der Waals surface area contributed by atoms with Crippen molar-refractivity contribution in [3.05, 3.63) is 54.3 Å². The first-order valence-electron chi connectivity index (χ1n) is 9.85. The summed E-state index contributed by atoms with van der Waals surface area (Å²) in [5, 5.41) is 0. The number of piperidine rings is 1. The molecule has 6 nitrogen and oxygen atoms in total. The van der Waals surface area contributed by atoms with Gasteiger partial charge in [-0.25, -0.2) is 4.39 Å². The second-order valence-corrected chi connectivity index (χ2v) is 7.21. The Morgan fingerprint density at radius 2 is 1.86 bits per heavy atom. The molecule has 0 radical (unpaired) electrons. The lowest BCUT2D eigenvalue weighted by Gasteiger charge is -2.37. The molecule has 152 valence electrons. The van der Waals surface area contributed by atoms with Crippen LogP contribution in [0.3, 0.4) is 0 Å². The minimum atomic E-state index is -0.749. The summed E-state index contributed by atoms with van der Waals surface area (Å²) in [4.78, 5) is 29.2. The number of halogens is 1. The Balaban J connectivity index is 1.49. The molecular formula is C22H23FN2O4. The van der Waals surface area contributed by atoms with Gasteiger partial charge in [0.1, 0.15) is 17.3 Å². The molecule has 2 amide bonds. The smallest absolute Gasteiger partial charge is 0.265 e. The van der Waals surface area contributed by atoms with Gasteiger partial charge < -0.3 is 19.3 Å². The van der Waals surface area contributed by atoms with Crippen molar-refractivity contribution in [2.75, 3.05) is 31.1 Å². The Bertz CT molecular complexity index is 898. The molecule has 0 unspecified atom stereocenters. The van der Waals surface area contributed by atoms with Crippen molar-refractivity contribution in [3.63, 3.8) is 0 Å². The molecule has 0 saturated carbocycles. The fourth-order valence-corrected chi connectivity index (χ4v) is 3.70. The van der Waals surface area contributed by atoms with E-state index in [1.807, 2.05) is 11.0 Å². The minimum Gasteiger partial charge on any atom is -0.484 e. The molecule has 4 rings (SSSR count). The fraction of sp³-hybridized carbons (Fsp3) is 0.364. The van der Waals surface area contributed by atoms with Crippen molar-refractivity contribution in [2.24, 2.45) is 0 Å². The van der Waals surface area contributed by atoms with Crippen LogP contribution in [0.25, 0.3) is 0 Å². The van der Waals surface area contributed by atoms with Gasteiger partial charge in [0.2, 0.25) is 0 Å². The van der Waals surface area contributed by atoms with Crippen LogP contribution < -0.4 is 14.4 Å². The summed E-state index contributed by atoms with van der Waals surface area (Å²) in [6, 6.07) is 12.8. The lowest BCUT2D eigenvalue weighted by molar-refractivity contribution is -0.139. The van der Waals surface area contributed by atoms with Gasteiger partial charge >= 0.3 is 0 Å². The van der Waals surface area contributed by atoms with Crippen LogP contribution in [0.1, 0.15) is 19.3 Å². The predicted molar refractivity (Wildman–Crippen MR) is 106 cm³/mol. The number of amides is 2. The number of carbonyl (C=O) groups is 2. The highest BCUT2D eigenvalue weighted by Crippen LogP contribution is 2.34. The predicted octanol–water partition coefficient (Wildman–Crippen LogP) is 3.01. The molecule has 2 aromatic rings. The molecule has 1 saturated heterocycles. The lowest BCUT2D eigenvalue weighted by atomic mass is 10.1. The van der Waals surface area contributed by atoms with Gasteiger partial charge in [-0.2, -0.15) is 0 Å². The molecule has 1 fully saturated rings. The van der Waals surface area contributed by atoms with Crippen molar-refractivity contribution in [2.45, 2.75) is 25.4 Å². The number of ether oxygens (including phenoxy) is 2. The van der Waals surface area contributed by atoms with Crippen molar-refractivity contribution < 1.29 is 23.5 Å². The van der Waals surface area contributed by atoms with Gasteiger partial charge in [0.05, 0.1) is 12.2 Å². The molecular weight excluding hydrogens is 375 g/mol. The molecule has 1 atom stereocenters. The van der Waals surface area contributed by atoms with Crippen LogP contribution in [0, 0.1) is 5.82 Å². The number of anilines is 1. The second kappa shape index (κ2) is 8.51. The summed E-state index contributed by atoms with van der Waals surface area (Å²) >= 11 is 0. The molecule has 29 heavy (non-hydrogen) atoms. The van der Waals surface area contributed by atoms with Gasteiger partial charge in [-0.05, 0) is 43.5 Å². The number of likely N-dealkylation sites (tertiary alicyclic amines) is 1. The number of rotatable bonds is 4. The van der Waals surface area contributed by atoms with Crippen molar-refractivity contribution >= 4 is 17.5 Å². The molecule has 0 aliphatic carbocycles. The highest BCUT2D eigenvalue weighted by Gasteiger charge is 2.36. The van der Waals surface area contributed by atoms with Gasteiger partial charge in [-0.1, -0.05) is 18.2 Å². The zero-order valence-corrected chi connectivity index (χ0v) is 16.1. The van der Waals surface area contributed by atoms with Gasteiger partial charge in [0.25, 0.3) is 11.8 Å². The summed E-state index contributed by atoms with van der Waals surface area (Å²) in [5.74, 6) is -0.0718. The molecule has 2 heterocycles. The second-order valence-electron chi connectivity index (χ2n) is 7.21. The summed E-state index contributed by atoms with van der Waals surface area (Å²) in [6.07, 6.45) is 2.35. The van der Waals surface area contributed by atoms with Gasteiger partial charge in [0, 0.05) is 19.2 Å². The average Bonchev–Trinajstić information content (AvgIpc) is 2.77. The maximum absolute atomic E-state index is 13.3. The molecule has 0 N–H and O–H groups in total. The van der Waals surface area contributed by atoms with Crippen LogP contribution in [0.4, 0.5) is 10.1 Å². The van der Waals surface area contributed by atoms with E-state index in [4.69, 9.17) is 9.47 Å². The highest BCUT2D eigenvalue weighted by molar-refractivity contribution is 5.98. The van der Waals surface area contributed by atoms with Crippen LogP contribution in [-0.2, 0) is 9.59 Å². The van der Waals surface area contributed by atoms with Gasteiger partial charge in [-0.15, -0.1) is 0 Å². The normalized spacial score (nSPS) is 18.6. The Labute approximate surface area is 168 Å². The molecule has 2 aliphatic heterocycles. The summed E-state index contributed by atoms with van der Waals surface area (Å²) < 4.78 is 24.7. The monoisotopic (exact) mass is 398 g/mol. The zero-order chi connectivity index (χ0) is 20.2. The largest absolute Gasteiger partial charge is 0.484 e. The first-order valence-corrected chi connectivity index (χ1v) is 9.85. The molecule has 0 spiro atoms. The first-order chi connectivity index (χ1) is 14.1. The number of nitrogens with zero attached hydrogens (tertiary/aromatic N) is 2. The van der Waals surface area contributed by atoms with Crippen LogP contribution in [0.2, 0.25) is 0 Å². The maximum Gasteiger partial charge on any atom is 0.265 e. The maximum atomic E-state index is 13.3. The van der Waals surface area contributed by atoms with Gasteiger partial charge in [-0.3, -0.25) is 9.59 Å². The third-order valence-corrected chi connectivity index (χ3v) is 5.18. The number of hydrogen-bond donors (Lipinski definition) is 0. The fourth-order valence-electron chi connectivity index (χ4n) is 3.70. The Morgan fingerprint density at radius 3 is 2.66 bits per heavy atom. The SMILES string of the molecule is O=C([C@H]1CN(C(=O)COc2cccc(F)c2)c2ccccc2O1)N1CCCCC1. The number of benzene rings is 2. The Morgan fingerprint density at radius 1 is 1.07 bits per heavy atom. The lowest BCUT2D eigenvalue weighted by Crippen LogP contribution is -2.53. The van der Waals surface area contributed by atoms with E-state index in [1.165, 1.54) is 23.1 Å². The number of carbonyl (C=O) groups excluding carboxylic acids is 2. The minimum absolute atomic E-state index is 0.0944. The van der Waals surface area contributed by atoms with Crippen molar-refractivity contribution in [1.29, 1.82) is 0 Å². The molecule has 2 aromatic carbocycles. The van der Waals surface area contributed by atoms with E-state index in [2.05, 4.69) is 0 Å². The topological polar surface area (TPSA) is 59.1 Å². The summed E-state index contributed by atoms with van der Waals surface area (Å²) in [7, 11) is 0. The first kappa shape index (κ1) is 19.2. The van der Waals surface area contributed by atoms with E-state index in [0.29, 0.717) is 11.4 Å². The van der Waals surface area contributed by atoms with Crippen LogP contribution in [0.5, 0.6) is 11.5 Å². The van der Waals surface area contributed by atoms with E-state index in [-0.39, 0.29) is 30.7 Å². The van der Waals surface area contributed by atoms with Gasteiger partial charge in [0.15, 0.2) is 12.7 Å². The number of hydrogen-bond acceptors (Lipinski definition) is 4. The zero-order valence-electron chi connectivity index (χ0n) is 16.1. The number of fused-ring (bicyclic) bond motifs is 1. The quantitative estimate of drug-likeness (QED) is 0.795. The molecule has 0 aromatic heterocycles. The van der Waals surface area contributed by atoms with Crippen LogP contribution >= 0.6 is 0 Å². The van der Waals surface area contributed by atoms with Crippen LogP contribution in [0.15, 0.2) is 48.5 Å². The Hall–Kier alpha value is -3.09. The highest BCUT2D eigenvalue weighted by atomic mass is 19.1. The van der Waals surface area contributed by atoms with Crippen molar-refractivity contribution in [3.8, 4) is 11.5 Å². The third kappa shape index (κ3) is 4.34. The standard InChI is InChI=1S/C22H23FN2O4/c23-16-7-6-8-17(13-16)28-15-21(26)25-14-20(22(27)24-11-4-1-5-12-24)29-19-10-3-2-9-18(19)25/h2-3,6-10,13,20H,1,4-5,11-12,14-15H2/t20-/m1/s1. The summed E-state index contributed by atoms with van der Waals surface area (Å²) in [6.45, 7) is 1.30. The van der Waals surface area contributed by atoms with Crippen molar-refractivity contribution in [1.82, 2.24) is 4.90 Å². The Kier molecular flexibility index (Phi) is 5.64. The molecule has 7 heteroatoms. The molecule has 0 bridgehead atoms. The third-order valence-electron chi connectivity index (χ3n) is 5.18. The van der Waals surface area contributed by atoms with E-state index in [1.54, 1.807) is 24.3 Å². The van der Waals surface area contributed by atoms with E-state index in [9.17, 15) is 14.0 Å². The molecule has 2 aliphatic rings. The van der Waals surface area contributed by atoms with E-state index >= 15 is 0 Å². The summed E-state index contributed by atoms with van der Waals surface area (Å²) in [5.41, 5.74) is 0.600. The average molecular weight is 398 g/mol. The van der Waals surface area contributed by atoms with E-state index in [0.717, 1.165) is 32.4 Å². The number of para-hydroxylation sites is 2. The van der Waals surface area contributed by atoms with Crippen LogP contribution in [-0.4, -0.2) is 49.1 Å². The van der Waals surface area contributed by atoms with E-state index < -0.39 is 11.9 Å².